The fraction of sp³-hybridized carbons (Fsp3) is 0.375. The number of fused-ring (bicyclic) bond motifs is 1. The number of aryl methyl sites for hydroxylation is 1. The van der Waals surface area contributed by atoms with Gasteiger partial charge in [-0.25, -0.2) is 0 Å². The molecule has 0 aliphatic heterocycles. The highest BCUT2D eigenvalue weighted by atomic mass is 16.1. The van der Waals surface area contributed by atoms with E-state index in [1.807, 2.05) is 6.07 Å². The van der Waals surface area contributed by atoms with E-state index < -0.39 is 5.91 Å². The molecule has 1 fully saturated rings. The van der Waals surface area contributed by atoms with Gasteiger partial charge < -0.3 is 10.7 Å². The lowest BCUT2D eigenvalue weighted by Gasteiger charge is -2.02. The second kappa shape index (κ2) is 4.78. The van der Waals surface area contributed by atoms with Crippen LogP contribution in [0.1, 0.15) is 52.6 Å². The van der Waals surface area contributed by atoms with Gasteiger partial charge in [0.05, 0.1) is 0 Å². The number of hydrogen-bond acceptors (Lipinski definition) is 2. The fourth-order valence-corrected chi connectivity index (χ4v) is 2.68. The summed E-state index contributed by atoms with van der Waals surface area (Å²) in [5.41, 5.74) is 8.41. The Bertz CT molecular complexity index is 696. The first-order chi connectivity index (χ1) is 9.61. The third kappa shape index (κ3) is 2.11. The Morgan fingerprint density at radius 1 is 1.35 bits per heavy atom. The van der Waals surface area contributed by atoms with Gasteiger partial charge in [0.2, 0.25) is 5.91 Å². The Balaban J connectivity index is 2.16. The Kier molecular flexibility index (Phi) is 3.08. The molecule has 0 spiro atoms. The average Bonchev–Trinajstić information content (AvgIpc) is 3.19. The van der Waals surface area contributed by atoms with E-state index in [9.17, 15) is 9.59 Å². The van der Waals surface area contributed by atoms with Gasteiger partial charge in [-0.05, 0) is 31.4 Å². The van der Waals surface area contributed by atoms with E-state index in [1.54, 1.807) is 12.1 Å². The van der Waals surface area contributed by atoms with Gasteiger partial charge in [0.15, 0.2) is 5.78 Å². The van der Waals surface area contributed by atoms with Gasteiger partial charge in [0.25, 0.3) is 0 Å². The van der Waals surface area contributed by atoms with Crippen LogP contribution in [0.5, 0.6) is 0 Å². The SMILES string of the molecule is CCCc1[nH]c2cc(C(N)=O)ccc2c1C(=O)C1CC1. The molecule has 0 saturated heterocycles. The normalized spacial score (nSPS) is 14.7. The Hall–Kier alpha value is -2.10. The lowest BCUT2D eigenvalue weighted by molar-refractivity contribution is 0.0966. The first kappa shape index (κ1) is 12.9. The Morgan fingerprint density at radius 3 is 2.70 bits per heavy atom. The minimum absolute atomic E-state index is 0.195. The van der Waals surface area contributed by atoms with Gasteiger partial charge in [0, 0.05) is 33.6 Å². The summed E-state index contributed by atoms with van der Waals surface area (Å²) in [6, 6.07) is 5.26. The van der Waals surface area contributed by atoms with Crippen LogP contribution in [0.2, 0.25) is 0 Å². The molecule has 0 atom stereocenters. The Labute approximate surface area is 117 Å². The van der Waals surface area contributed by atoms with E-state index in [1.165, 1.54) is 0 Å². The largest absolute Gasteiger partial charge is 0.366 e. The quantitative estimate of drug-likeness (QED) is 0.820. The number of amides is 1. The average molecular weight is 270 g/mol. The van der Waals surface area contributed by atoms with Gasteiger partial charge >= 0.3 is 0 Å². The molecule has 104 valence electrons. The van der Waals surface area contributed by atoms with Crippen LogP contribution in [0.4, 0.5) is 0 Å². The van der Waals surface area contributed by atoms with Crippen LogP contribution in [-0.2, 0) is 6.42 Å². The zero-order valence-electron chi connectivity index (χ0n) is 11.5. The van der Waals surface area contributed by atoms with Gasteiger partial charge in [0.1, 0.15) is 0 Å². The van der Waals surface area contributed by atoms with Crippen LogP contribution in [0.25, 0.3) is 10.9 Å². The van der Waals surface area contributed by atoms with Crippen LogP contribution >= 0.6 is 0 Å². The second-order valence-corrected chi connectivity index (χ2v) is 5.49. The van der Waals surface area contributed by atoms with Crippen molar-refractivity contribution < 1.29 is 9.59 Å². The van der Waals surface area contributed by atoms with E-state index in [2.05, 4.69) is 11.9 Å². The fourth-order valence-electron chi connectivity index (χ4n) is 2.68. The maximum Gasteiger partial charge on any atom is 0.248 e. The smallest absolute Gasteiger partial charge is 0.248 e. The van der Waals surface area contributed by atoms with E-state index in [-0.39, 0.29) is 11.7 Å². The summed E-state index contributed by atoms with van der Waals surface area (Å²) in [6.07, 6.45) is 3.81. The molecule has 1 aliphatic rings. The highest BCUT2D eigenvalue weighted by Gasteiger charge is 2.33. The van der Waals surface area contributed by atoms with Crippen LogP contribution in [0.15, 0.2) is 18.2 Å². The van der Waals surface area contributed by atoms with E-state index >= 15 is 0 Å². The predicted molar refractivity (Wildman–Crippen MR) is 77.9 cm³/mol. The molecule has 3 rings (SSSR count). The van der Waals surface area contributed by atoms with Crippen molar-refractivity contribution in [2.75, 3.05) is 0 Å². The summed E-state index contributed by atoms with van der Waals surface area (Å²) in [6.45, 7) is 2.09. The molecule has 1 amide bonds. The molecule has 1 aromatic heterocycles. The molecule has 0 radical (unpaired) electrons. The van der Waals surface area contributed by atoms with Gasteiger partial charge in [-0.2, -0.15) is 0 Å². The lowest BCUT2D eigenvalue weighted by atomic mass is 10.0. The summed E-state index contributed by atoms with van der Waals surface area (Å²) in [5, 5.41) is 0.912. The van der Waals surface area contributed by atoms with Crippen molar-refractivity contribution in [1.82, 2.24) is 4.98 Å². The summed E-state index contributed by atoms with van der Waals surface area (Å²) in [4.78, 5) is 27.0. The molecule has 2 aromatic rings. The van der Waals surface area contributed by atoms with E-state index in [0.29, 0.717) is 5.56 Å². The third-order valence-electron chi connectivity index (χ3n) is 3.86. The zero-order chi connectivity index (χ0) is 14.3. The molecule has 3 N–H and O–H groups in total. The van der Waals surface area contributed by atoms with Crippen molar-refractivity contribution in [1.29, 1.82) is 0 Å². The standard InChI is InChI=1S/C16H18N2O2/c1-2-3-12-14(15(19)9-4-5-9)11-7-6-10(16(17)20)8-13(11)18-12/h6-9,18H,2-5H2,1H3,(H2,17,20). The number of carbonyl (C=O) groups is 2. The second-order valence-electron chi connectivity index (χ2n) is 5.49. The molecule has 0 unspecified atom stereocenters. The van der Waals surface area contributed by atoms with Gasteiger partial charge in [-0.15, -0.1) is 0 Å². The maximum atomic E-state index is 12.5. The van der Waals surface area contributed by atoms with Crippen molar-refractivity contribution in [3.8, 4) is 0 Å². The molecular weight excluding hydrogens is 252 g/mol. The number of aromatic nitrogens is 1. The monoisotopic (exact) mass is 270 g/mol. The Morgan fingerprint density at radius 2 is 2.10 bits per heavy atom. The number of H-pyrrole nitrogens is 1. The van der Waals surface area contributed by atoms with Crippen molar-refractivity contribution in [2.45, 2.75) is 32.6 Å². The predicted octanol–water partition coefficient (Wildman–Crippen LogP) is 2.81. The van der Waals surface area contributed by atoms with Gasteiger partial charge in [-0.1, -0.05) is 19.4 Å². The number of Topliss-reactive ketones (excluding diaryl/α,β-unsaturated/α-hetero) is 1. The van der Waals surface area contributed by atoms with Crippen LogP contribution in [0.3, 0.4) is 0 Å². The van der Waals surface area contributed by atoms with E-state index in [4.69, 9.17) is 5.73 Å². The molecular formula is C16H18N2O2. The molecule has 1 aliphatic carbocycles. The highest BCUT2D eigenvalue weighted by molar-refractivity contribution is 6.12. The molecule has 1 aromatic carbocycles. The molecule has 0 bridgehead atoms. The highest BCUT2D eigenvalue weighted by Crippen LogP contribution is 2.36. The van der Waals surface area contributed by atoms with Crippen molar-refractivity contribution in [3.05, 3.63) is 35.0 Å². The summed E-state index contributed by atoms with van der Waals surface area (Å²) in [5.74, 6) is -0.0134. The number of nitrogens with two attached hydrogens (primary N) is 1. The maximum absolute atomic E-state index is 12.5. The first-order valence-electron chi connectivity index (χ1n) is 7.10. The zero-order valence-corrected chi connectivity index (χ0v) is 11.5. The van der Waals surface area contributed by atoms with Crippen LogP contribution in [0, 0.1) is 5.92 Å². The third-order valence-corrected chi connectivity index (χ3v) is 3.86. The van der Waals surface area contributed by atoms with Crippen molar-refractivity contribution in [2.24, 2.45) is 11.7 Å². The summed E-state index contributed by atoms with van der Waals surface area (Å²) in [7, 11) is 0. The van der Waals surface area contributed by atoms with Crippen LogP contribution in [-0.4, -0.2) is 16.7 Å². The number of rotatable bonds is 5. The minimum atomic E-state index is -0.450. The number of ketones is 1. The molecule has 4 nitrogen and oxygen atoms in total. The molecule has 1 heterocycles. The van der Waals surface area contributed by atoms with Crippen molar-refractivity contribution >= 4 is 22.6 Å². The summed E-state index contributed by atoms with van der Waals surface area (Å²) < 4.78 is 0. The number of carbonyl (C=O) groups excluding carboxylic acids is 2. The molecule has 4 heteroatoms. The molecule has 1 saturated carbocycles. The number of primary amides is 1. The number of nitrogens with one attached hydrogen (secondary N) is 1. The first-order valence-corrected chi connectivity index (χ1v) is 7.10. The minimum Gasteiger partial charge on any atom is -0.366 e. The lowest BCUT2D eigenvalue weighted by Crippen LogP contribution is -2.10. The van der Waals surface area contributed by atoms with Gasteiger partial charge in [-0.3, -0.25) is 9.59 Å². The number of benzene rings is 1. The summed E-state index contributed by atoms with van der Waals surface area (Å²) >= 11 is 0. The number of hydrogen-bond donors (Lipinski definition) is 2. The van der Waals surface area contributed by atoms with Crippen molar-refractivity contribution in [3.63, 3.8) is 0 Å². The van der Waals surface area contributed by atoms with E-state index in [0.717, 1.165) is 47.8 Å². The number of aromatic amines is 1. The molecule has 20 heavy (non-hydrogen) atoms. The topological polar surface area (TPSA) is 76.0 Å². The van der Waals surface area contributed by atoms with Crippen LogP contribution < -0.4 is 5.73 Å².